The predicted molar refractivity (Wildman–Crippen MR) is 92.8 cm³/mol. The van der Waals surface area contributed by atoms with Gasteiger partial charge in [0.1, 0.15) is 0 Å². The number of piperidine rings is 1. The molecule has 126 valence electrons. The van der Waals surface area contributed by atoms with E-state index in [1.54, 1.807) is 6.07 Å². The molecule has 0 radical (unpaired) electrons. The monoisotopic (exact) mass is 325 g/mol. The number of aromatic nitrogens is 2. The topological polar surface area (TPSA) is 67.2 Å². The van der Waals surface area contributed by atoms with Gasteiger partial charge in [-0.05, 0) is 38.2 Å². The van der Waals surface area contributed by atoms with Crippen molar-refractivity contribution in [3.63, 3.8) is 0 Å². The summed E-state index contributed by atoms with van der Waals surface area (Å²) in [6.45, 7) is 2.17. The van der Waals surface area contributed by atoms with Gasteiger partial charge in [0, 0.05) is 23.7 Å². The molecule has 3 heterocycles. The fourth-order valence-corrected chi connectivity index (χ4v) is 4.20. The smallest absolute Gasteiger partial charge is 0.267 e. The lowest BCUT2D eigenvalue weighted by atomic mass is 9.87. The Hall–Kier alpha value is -1.98. The van der Waals surface area contributed by atoms with Crippen molar-refractivity contribution >= 4 is 0 Å². The first-order valence-corrected chi connectivity index (χ1v) is 8.65. The summed E-state index contributed by atoms with van der Waals surface area (Å²) in [7, 11) is 0. The van der Waals surface area contributed by atoms with Gasteiger partial charge in [-0.15, -0.1) is 0 Å². The molecule has 4 rings (SSSR count). The van der Waals surface area contributed by atoms with Crippen molar-refractivity contribution in [2.24, 2.45) is 0 Å². The van der Waals surface area contributed by atoms with Crippen molar-refractivity contribution in [3.05, 3.63) is 52.3 Å². The van der Waals surface area contributed by atoms with Crippen LogP contribution < -0.4 is 10.9 Å². The number of fused-ring (bicyclic) bond motifs is 2. The van der Waals surface area contributed by atoms with E-state index >= 15 is 0 Å². The highest BCUT2D eigenvalue weighted by molar-refractivity contribution is 5.61. The van der Waals surface area contributed by atoms with Crippen LogP contribution in [0.15, 0.2) is 41.2 Å². The average molecular weight is 325 g/mol. The second-order valence-corrected chi connectivity index (χ2v) is 7.31. The average Bonchev–Trinajstić information content (AvgIpc) is 2.90. The third-order valence-corrected chi connectivity index (χ3v) is 5.27. The third-order valence-electron chi connectivity index (χ3n) is 5.27. The summed E-state index contributed by atoms with van der Waals surface area (Å²) in [6.07, 6.45) is 3.59. The van der Waals surface area contributed by atoms with E-state index in [1.165, 1.54) is 4.68 Å². The minimum absolute atomic E-state index is 0.147. The molecule has 5 heteroatoms. The quantitative estimate of drug-likeness (QED) is 0.904. The fraction of sp³-hybridized carbons (Fsp3) is 0.474. The third kappa shape index (κ3) is 2.89. The van der Waals surface area contributed by atoms with Gasteiger partial charge in [0.2, 0.25) is 0 Å². The Labute approximate surface area is 141 Å². The van der Waals surface area contributed by atoms with Crippen LogP contribution >= 0.6 is 0 Å². The van der Waals surface area contributed by atoms with Gasteiger partial charge in [-0.1, -0.05) is 30.3 Å². The number of aryl methyl sites for hydroxylation is 1. The molecule has 1 aromatic carbocycles. The molecule has 0 spiro atoms. The molecule has 2 saturated heterocycles. The van der Waals surface area contributed by atoms with Gasteiger partial charge in [0.15, 0.2) is 0 Å². The van der Waals surface area contributed by atoms with Crippen LogP contribution in [0.4, 0.5) is 0 Å². The zero-order chi connectivity index (χ0) is 16.7. The van der Waals surface area contributed by atoms with Crippen molar-refractivity contribution in [1.82, 2.24) is 15.1 Å². The fourth-order valence-electron chi connectivity index (χ4n) is 4.20. The highest BCUT2D eigenvalue weighted by Gasteiger charge is 2.43. The lowest BCUT2D eigenvalue weighted by molar-refractivity contribution is -0.0249. The maximum Gasteiger partial charge on any atom is 0.267 e. The lowest BCUT2D eigenvalue weighted by Crippen LogP contribution is -2.51. The molecular weight excluding hydrogens is 302 g/mol. The van der Waals surface area contributed by atoms with E-state index in [2.05, 4.69) is 10.4 Å². The SMILES string of the molecule is Cc1cc(=O)n(CC2(O)C[C@@H]3CC[C@@H](C2)N3)nc1-c1ccccc1. The van der Waals surface area contributed by atoms with E-state index < -0.39 is 5.60 Å². The number of nitrogens with zero attached hydrogens (tertiary/aromatic N) is 2. The molecule has 1 aromatic heterocycles. The van der Waals surface area contributed by atoms with Crippen LogP contribution in [0.2, 0.25) is 0 Å². The summed E-state index contributed by atoms with van der Waals surface area (Å²) in [5.74, 6) is 0. The Morgan fingerprint density at radius 1 is 1.25 bits per heavy atom. The van der Waals surface area contributed by atoms with Gasteiger partial charge < -0.3 is 10.4 Å². The summed E-state index contributed by atoms with van der Waals surface area (Å²) < 4.78 is 1.44. The molecule has 24 heavy (non-hydrogen) atoms. The van der Waals surface area contributed by atoms with Gasteiger partial charge in [0.25, 0.3) is 5.56 Å². The van der Waals surface area contributed by atoms with E-state index in [0.717, 1.165) is 29.7 Å². The lowest BCUT2D eigenvalue weighted by Gasteiger charge is -2.37. The van der Waals surface area contributed by atoms with Crippen molar-refractivity contribution in [3.8, 4) is 11.3 Å². The van der Waals surface area contributed by atoms with E-state index in [-0.39, 0.29) is 12.1 Å². The summed E-state index contributed by atoms with van der Waals surface area (Å²) in [5, 5.41) is 19.1. The molecule has 2 bridgehead atoms. The molecule has 0 unspecified atom stereocenters. The first kappa shape index (κ1) is 15.5. The number of hydrogen-bond acceptors (Lipinski definition) is 4. The van der Waals surface area contributed by atoms with Crippen LogP contribution in [0, 0.1) is 6.92 Å². The molecule has 5 nitrogen and oxygen atoms in total. The van der Waals surface area contributed by atoms with Crippen LogP contribution in [-0.4, -0.2) is 32.6 Å². The molecule has 2 N–H and O–H groups in total. The first-order chi connectivity index (χ1) is 11.5. The van der Waals surface area contributed by atoms with Gasteiger partial charge in [0.05, 0.1) is 17.8 Å². The predicted octanol–water partition coefficient (Wildman–Crippen LogP) is 1.86. The van der Waals surface area contributed by atoms with Gasteiger partial charge in [-0.25, -0.2) is 4.68 Å². The number of rotatable bonds is 3. The Bertz CT molecular complexity index is 788. The first-order valence-electron chi connectivity index (χ1n) is 8.65. The van der Waals surface area contributed by atoms with Crippen molar-refractivity contribution in [2.45, 2.75) is 56.8 Å². The Balaban J connectivity index is 1.67. The Morgan fingerprint density at radius 2 is 1.92 bits per heavy atom. The molecule has 0 aliphatic carbocycles. The van der Waals surface area contributed by atoms with Crippen LogP contribution in [0.3, 0.4) is 0 Å². The van der Waals surface area contributed by atoms with Crippen LogP contribution in [0.5, 0.6) is 0 Å². The maximum atomic E-state index is 12.4. The molecule has 0 saturated carbocycles. The van der Waals surface area contributed by atoms with Crippen LogP contribution in [-0.2, 0) is 6.54 Å². The molecule has 2 fully saturated rings. The summed E-state index contributed by atoms with van der Waals surface area (Å²) in [5.41, 5.74) is 1.65. The van der Waals surface area contributed by atoms with E-state index in [4.69, 9.17) is 0 Å². The second kappa shape index (κ2) is 5.83. The number of benzene rings is 1. The zero-order valence-electron chi connectivity index (χ0n) is 13.9. The zero-order valence-corrected chi connectivity index (χ0v) is 13.9. The molecule has 2 aliphatic rings. The van der Waals surface area contributed by atoms with Crippen LogP contribution in [0.25, 0.3) is 11.3 Å². The van der Waals surface area contributed by atoms with Gasteiger partial charge in [-0.3, -0.25) is 4.79 Å². The molecule has 2 atom stereocenters. The standard InChI is InChI=1S/C19H23N3O2/c1-13-9-17(23)22(21-18(13)14-5-3-2-4-6-14)12-19(24)10-15-7-8-16(11-19)20-15/h2-6,9,15-16,20,24H,7-8,10-12H2,1H3/t15-,16-/m0/s1. The minimum atomic E-state index is -0.850. The molecule has 0 amide bonds. The highest BCUT2D eigenvalue weighted by atomic mass is 16.3. The van der Waals surface area contributed by atoms with E-state index in [1.807, 2.05) is 37.3 Å². The van der Waals surface area contributed by atoms with E-state index in [0.29, 0.717) is 24.9 Å². The van der Waals surface area contributed by atoms with Crippen molar-refractivity contribution in [1.29, 1.82) is 0 Å². The van der Waals surface area contributed by atoms with Crippen molar-refractivity contribution < 1.29 is 5.11 Å². The van der Waals surface area contributed by atoms with Gasteiger partial charge >= 0.3 is 0 Å². The number of nitrogens with one attached hydrogen (secondary N) is 1. The largest absolute Gasteiger partial charge is 0.388 e. The highest BCUT2D eigenvalue weighted by Crippen LogP contribution is 2.34. The number of hydrogen-bond donors (Lipinski definition) is 2. The minimum Gasteiger partial charge on any atom is -0.388 e. The summed E-state index contributed by atoms with van der Waals surface area (Å²) >= 11 is 0. The summed E-state index contributed by atoms with van der Waals surface area (Å²) in [4.78, 5) is 12.4. The molecule has 2 aliphatic heterocycles. The molecular formula is C19H23N3O2. The molecule has 2 aromatic rings. The normalized spacial score (nSPS) is 28.9. The Morgan fingerprint density at radius 3 is 2.58 bits per heavy atom. The van der Waals surface area contributed by atoms with E-state index in [9.17, 15) is 9.90 Å². The van der Waals surface area contributed by atoms with Crippen LogP contribution in [0.1, 0.15) is 31.2 Å². The van der Waals surface area contributed by atoms with Gasteiger partial charge in [-0.2, -0.15) is 5.10 Å². The van der Waals surface area contributed by atoms with Crippen molar-refractivity contribution in [2.75, 3.05) is 0 Å². The Kier molecular flexibility index (Phi) is 3.77. The maximum absolute atomic E-state index is 12.4. The second-order valence-electron chi connectivity index (χ2n) is 7.31. The number of aliphatic hydroxyl groups is 1. The summed E-state index contributed by atoms with van der Waals surface area (Å²) in [6, 6.07) is 12.2.